The van der Waals surface area contributed by atoms with E-state index >= 15 is 0 Å². The second-order valence-electron chi connectivity index (χ2n) is 7.33. The molecule has 0 spiro atoms. The van der Waals surface area contributed by atoms with Crippen LogP contribution in [-0.2, 0) is 0 Å². The molecular weight excluding hydrogens is 326 g/mol. The van der Waals surface area contributed by atoms with Crippen LogP contribution in [0.5, 0.6) is 0 Å². The molecule has 0 N–H and O–H groups in total. The molecule has 2 saturated heterocycles. The summed E-state index contributed by atoms with van der Waals surface area (Å²) in [6, 6.07) is 2.01. The Morgan fingerprint density at radius 3 is 2.27 bits per heavy atom. The molecular formula is C19H21N7. The van der Waals surface area contributed by atoms with Crippen molar-refractivity contribution in [3.8, 4) is 0 Å². The normalized spacial score (nSPS) is 22.2. The van der Waals surface area contributed by atoms with Crippen molar-refractivity contribution in [1.82, 2.24) is 24.9 Å². The van der Waals surface area contributed by atoms with Crippen LogP contribution in [0.4, 0.5) is 11.6 Å². The summed E-state index contributed by atoms with van der Waals surface area (Å²) in [5.74, 6) is 3.40. The number of hydrogen-bond donors (Lipinski definition) is 0. The standard InChI is InChI=1S/C19H21N7/c1-12-13(2)21-10-23-18(12)25-6-14-8-26(9-15(14)7-25)19-16-3-4-20-5-17(16)22-11-24-19/h3-5,10-11,14-15H,6-9H2,1-2H3. The zero-order chi connectivity index (χ0) is 17.7. The molecule has 0 bridgehead atoms. The van der Waals surface area contributed by atoms with E-state index in [1.807, 2.05) is 19.2 Å². The molecule has 3 aromatic heterocycles. The highest BCUT2D eigenvalue weighted by atomic mass is 15.3. The average molecular weight is 347 g/mol. The third-order valence-electron chi connectivity index (χ3n) is 5.81. The van der Waals surface area contributed by atoms with Crippen LogP contribution >= 0.6 is 0 Å². The number of anilines is 2. The van der Waals surface area contributed by atoms with E-state index in [9.17, 15) is 0 Å². The first-order chi connectivity index (χ1) is 12.7. The zero-order valence-electron chi connectivity index (χ0n) is 15.0. The van der Waals surface area contributed by atoms with Gasteiger partial charge in [-0.3, -0.25) is 4.98 Å². The number of aryl methyl sites for hydroxylation is 1. The fourth-order valence-electron chi connectivity index (χ4n) is 4.33. The number of nitrogens with zero attached hydrogens (tertiary/aromatic N) is 7. The Morgan fingerprint density at radius 2 is 1.50 bits per heavy atom. The smallest absolute Gasteiger partial charge is 0.140 e. The van der Waals surface area contributed by atoms with Gasteiger partial charge in [0.25, 0.3) is 0 Å². The summed E-state index contributed by atoms with van der Waals surface area (Å²) < 4.78 is 0. The highest BCUT2D eigenvalue weighted by Crippen LogP contribution is 2.37. The maximum atomic E-state index is 4.57. The Morgan fingerprint density at radius 1 is 0.846 bits per heavy atom. The van der Waals surface area contributed by atoms with Gasteiger partial charge in [-0.25, -0.2) is 19.9 Å². The van der Waals surface area contributed by atoms with Crippen LogP contribution in [0.15, 0.2) is 31.1 Å². The molecule has 0 aromatic carbocycles. The summed E-state index contributed by atoms with van der Waals surface area (Å²) in [5, 5.41) is 1.08. The van der Waals surface area contributed by atoms with E-state index in [0.29, 0.717) is 11.8 Å². The van der Waals surface area contributed by atoms with E-state index < -0.39 is 0 Å². The van der Waals surface area contributed by atoms with Gasteiger partial charge in [0, 0.05) is 60.9 Å². The summed E-state index contributed by atoms with van der Waals surface area (Å²) in [6.07, 6.45) is 6.94. The second-order valence-corrected chi connectivity index (χ2v) is 7.33. The Balaban J connectivity index is 1.38. The van der Waals surface area contributed by atoms with Crippen molar-refractivity contribution >= 4 is 22.5 Å². The zero-order valence-corrected chi connectivity index (χ0v) is 15.0. The predicted octanol–water partition coefficient (Wildman–Crippen LogP) is 2.00. The minimum Gasteiger partial charge on any atom is -0.356 e. The molecule has 2 aliphatic heterocycles. The molecule has 2 unspecified atom stereocenters. The largest absolute Gasteiger partial charge is 0.356 e. The summed E-state index contributed by atoms with van der Waals surface area (Å²) in [4.78, 5) is 26.8. The van der Waals surface area contributed by atoms with Gasteiger partial charge in [0.05, 0.1) is 11.7 Å². The highest BCUT2D eigenvalue weighted by Gasteiger charge is 2.41. The van der Waals surface area contributed by atoms with Crippen molar-refractivity contribution in [1.29, 1.82) is 0 Å². The molecule has 0 aliphatic carbocycles. The van der Waals surface area contributed by atoms with Gasteiger partial charge in [0.1, 0.15) is 24.3 Å². The second kappa shape index (κ2) is 5.86. The number of hydrogen-bond acceptors (Lipinski definition) is 7. The minimum absolute atomic E-state index is 0.636. The third kappa shape index (κ3) is 2.38. The summed E-state index contributed by atoms with van der Waals surface area (Å²) in [6.45, 7) is 8.31. The fraction of sp³-hybridized carbons (Fsp3) is 0.421. The van der Waals surface area contributed by atoms with E-state index in [-0.39, 0.29) is 0 Å². The molecule has 2 aliphatic rings. The van der Waals surface area contributed by atoms with Crippen LogP contribution in [0.25, 0.3) is 10.9 Å². The number of aromatic nitrogens is 5. The molecule has 5 heterocycles. The van der Waals surface area contributed by atoms with Crippen molar-refractivity contribution in [2.45, 2.75) is 13.8 Å². The van der Waals surface area contributed by atoms with Crippen molar-refractivity contribution in [2.24, 2.45) is 11.8 Å². The maximum absolute atomic E-state index is 4.57. The van der Waals surface area contributed by atoms with E-state index in [4.69, 9.17) is 0 Å². The molecule has 7 nitrogen and oxygen atoms in total. The van der Waals surface area contributed by atoms with Gasteiger partial charge in [-0.15, -0.1) is 0 Å². The van der Waals surface area contributed by atoms with Crippen molar-refractivity contribution in [3.63, 3.8) is 0 Å². The molecule has 0 amide bonds. The van der Waals surface area contributed by atoms with Gasteiger partial charge in [-0.2, -0.15) is 0 Å². The Hall–Kier alpha value is -2.83. The van der Waals surface area contributed by atoms with Crippen LogP contribution in [0.2, 0.25) is 0 Å². The third-order valence-corrected chi connectivity index (χ3v) is 5.81. The van der Waals surface area contributed by atoms with Crippen LogP contribution in [-0.4, -0.2) is 51.1 Å². The van der Waals surface area contributed by atoms with E-state index in [1.54, 1.807) is 18.9 Å². The molecule has 0 radical (unpaired) electrons. The number of rotatable bonds is 2. The lowest BCUT2D eigenvalue weighted by Crippen LogP contribution is -2.30. The quantitative estimate of drug-likeness (QED) is 0.702. The summed E-state index contributed by atoms with van der Waals surface area (Å²) in [5.41, 5.74) is 3.16. The molecule has 132 valence electrons. The van der Waals surface area contributed by atoms with Gasteiger partial charge in [0.2, 0.25) is 0 Å². The minimum atomic E-state index is 0.636. The van der Waals surface area contributed by atoms with Crippen molar-refractivity contribution in [2.75, 3.05) is 36.0 Å². The molecule has 5 rings (SSSR count). The molecule has 0 saturated carbocycles. The van der Waals surface area contributed by atoms with E-state index in [0.717, 1.165) is 54.4 Å². The summed E-state index contributed by atoms with van der Waals surface area (Å²) in [7, 11) is 0. The maximum Gasteiger partial charge on any atom is 0.140 e. The monoisotopic (exact) mass is 347 g/mol. The van der Waals surface area contributed by atoms with Gasteiger partial charge in [-0.05, 0) is 19.9 Å². The SMILES string of the molecule is Cc1ncnc(N2CC3CN(c4ncnc5cnccc45)CC3C2)c1C. The predicted molar refractivity (Wildman–Crippen MR) is 100 cm³/mol. The van der Waals surface area contributed by atoms with Crippen LogP contribution in [0, 0.1) is 25.7 Å². The lowest BCUT2D eigenvalue weighted by Gasteiger charge is -2.24. The topological polar surface area (TPSA) is 70.9 Å². The molecule has 26 heavy (non-hydrogen) atoms. The number of fused-ring (bicyclic) bond motifs is 2. The van der Waals surface area contributed by atoms with E-state index in [1.165, 1.54) is 5.56 Å². The first-order valence-electron chi connectivity index (χ1n) is 9.03. The molecule has 7 heteroatoms. The fourth-order valence-corrected chi connectivity index (χ4v) is 4.33. The Kier molecular flexibility index (Phi) is 3.48. The van der Waals surface area contributed by atoms with Gasteiger partial charge >= 0.3 is 0 Å². The van der Waals surface area contributed by atoms with Gasteiger partial charge in [-0.1, -0.05) is 0 Å². The summed E-state index contributed by atoms with van der Waals surface area (Å²) >= 11 is 0. The molecule has 2 atom stereocenters. The van der Waals surface area contributed by atoms with Crippen molar-refractivity contribution < 1.29 is 0 Å². The van der Waals surface area contributed by atoms with E-state index in [2.05, 4.69) is 41.6 Å². The average Bonchev–Trinajstić information content (AvgIpc) is 3.22. The van der Waals surface area contributed by atoms with Crippen molar-refractivity contribution in [3.05, 3.63) is 42.4 Å². The Bertz CT molecular complexity index is 954. The van der Waals surface area contributed by atoms with Crippen LogP contribution in [0.1, 0.15) is 11.3 Å². The van der Waals surface area contributed by atoms with Crippen LogP contribution < -0.4 is 9.80 Å². The Labute approximate surface area is 152 Å². The first kappa shape index (κ1) is 15.4. The highest BCUT2D eigenvalue weighted by molar-refractivity contribution is 5.88. The molecule has 3 aromatic rings. The van der Waals surface area contributed by atoms with Gasteiger partial charge in [0.15, 0.2) is 0 Å². The van der Waals surface area contributed by atoms with Crippen LogP contribution in [0.3, 0.4) is 0 Å². The molecule has 2 fully saturated rings. The number of pyridine rings is 1. The lowest BCUT2D eigenvalue weighted by molar-refractivity contribution is 0.533. The first-order valence-corrected chi connectivity index (χ1v) is 9.03. The van der Waals surface area contributed by atoms with Gasteiger partial charge < -0.3 is 9.80 Å². The lowest BCUT2D eigenvalue weighted by atomic mass is 10.0.